The first-order valence-electron chi connectivity index (χ1n) is 9.82. The summed E-state index contributed by atoms with van der Waals surface area (Å²) < 4.78 is 28.1. The first kappa shape index (κ1) is 21.4. The van der Waals surface area contributed by atoms with Crippen LogP contribution in [-0.4, -0.2) is 30.5 Å². The van der Waals surface area contributed by atoms with Crippen LogP contribution in [-0.2, 0) is 23.0 Å². The van der Waals surface area contributed by atoms with Gasteiger partial charge in [0.2, 0.25) is 10.0 Å². The van der Waals surface area contributed by atoms with E-state index in [1.54, 1.807) is 30.5 Å². The monoisotopic (exact) mass is 450 g/mol. The second-order valence-electron chi connectivity index (χ2n) is 7.41. The number of rotatable bonds is 7. The number of fused-ring (bicyclic) bond motifs is 1. The molecule has 0 unspecified atom stereocenters. The van der Waals surface area contributed by atoms with E-state index in [4.69, 9.17) is 0 Å². The molecule has 0 aliphatic heterocycles. The molecule has 3 aromatic carbocycles. The summed E-state index contributed by atoms with van der Waals surface area (Å²) in [5.41, 5.74) is 3.18. The molecule has 158 valence electrons. The number of aromatic nitrogens is 1. The molecule has 0 saturated heterocycles. The number of ketones is 1. The summed E-state index contributed by atoms with van der Waals surface area (Å²) in [4.78, 5) is 17.4. The molecule has 0 amide bonds. The predicted octanol–water partition coefficient (Wildman–Crippen LogP) is 4.85. The molecule has 4 aromatic rings. The average Bonchev–Trinajstić information content (AvgIpc) is 3.13. The average molecular weight is 451 g/mol. The van der Waals surface area contributed by atoms with Gasteiger partial charge >= 0.3 is 0 Å². The molecule has 4 rings (SSSR count). The lowest BCUT2D eigenvalue weighted by Gasteiger charge is -2.17. The smallest absolute Gasteiger partial charge is 0.243 e. The fourth-order valence-corrected chi connectivity index (χ4v) is 5.37. The van der Waals surface area contributed by atoms with E-state index in [1.165, 1.54) is 16.4 Å². The van der Waals surface area contributed by atoms with Crippen LogP contribution in [0.15, 0.2) is 77.7 Å². The summed E-state index contributed by atoms with van der Waals surface area (Å²) in [5, 5.41) is 0.993. The second-order valence-corrected chi connectivity index (χ2v) is 10.7. The van der Waals surface area contributed by atoms with Crippen molar-refractivity contribution in [3.63, 3.8) is 0 Å². The quantitative estimate of drug-likeness (QED) is 0.378. The minimum absolute atomic E-state index is 0.0621. The molecule has 0 aliphatic rings. The maximum absolute atomic E-state index is 12.9. The van der Waals surface area contributed by atoms with Gasteiger partial charge in [-0.25, -0.2) is 13.4 Å². The first-order chi connectivity index (χ1) is 14.8. The number of sulfonamides is 1. The number of carbonyl (C=O) groups excluding carboxylic acids is 1. The number of hydrogen-bond acceptors (Lipinski definition) is 5. The molecule has 0 spiro atoms. The molecule has 1 heterocycles. The minimum atomic E-state index is -3.65. The largest absolute Gasteiger partial charge is 0.294 e. The number of nitrogens with zero attached hydrogens (tertiary/aromatic N) is 2. The van der Waals surface area contributed by atoms with Crippen LogP contribution < -0.4 is 0 Å². The summed E-state index contributed by atoms with van der Waals surface area (Å²) in [5.74, 6) is -0.0621. The summed E-state index contributed by atoms with van der Waals surface area (Å²) >= 11 is 1.63. The van der Waals surface area contributed by atoms with Gasteiger partial charge in [0.15, 0.2) is 5.78 Å². The normalized spacial score (nSPS) is 11.8. The number of thiazole rings is 1. The molecule has 0 N–H and O–H groups in total. The lowest BCUT2D eigenvalue weighted by molar-refractivity contribution is 0.0993. The van der Waals surface area contributed by atoms with E-state index in [1.807, 2.05) is 55.5 Å². The molecule has 7 heteroatoms. The number of Topliss-reactive ketones (excluding diaryl/α,β-unsaturated/α-hetero) is 1. The van der Waals surface area contributed by atoms with Gasteiger partial charge in [0, 0.05) is 25.6 Å². The lowest BCUT2D eigenvalue weighted by Crippen LogP contribution is -2.26. The van der Waals surface area contributed by atoms with E-state index in [0.717, 1.165) is 26.4 Å². The fourth-order valence-electron chi connectivity index (χ4n) is 3.40. The Bertz CT molecular complexity index is 1330. The van der Waals surface area contributed by atoms with Gasteiger partial charge in [-0.2, -0.15) is 4.31 Å². The molecular weight excluding hydrogens is 428 g/mol. The molecule has 1 aromatic heterocycles. The van der Waals surface area contributed by atoms with Crippen molar-refractivity contribution in [2.75, 3.05) is 7.05 Å². The Hall–Kier alpha value is -2.87. The van der Waals surface area contributed by atoms with Crippen LogP contribution in [0.2, 0.25) is 0 Å². The van der Waals surface area contributed by atoms with E-state index in [9.17, 15) is 13.2 Å². The van der Waals surface area contributed by atoms with Gasteiger partial charge < -0.3 is 0 Å². The van der Waals surface area contributed by atoms with Gasteiger partial charge in [-0.05, 0) is 42.3 Å². The summed E-state index contributed by atoms with van der Waals surface area (Å²) in [6.07, 6.45) is 0.243. The number of carbonyl (C=O) groups is 1. The number of benzene rings is 3. The Morgan fingerprint density at radius 1 is 0.968 bits per heavy atom. The van der Waals surface area contributed by atoms with Crippen LogP contribution in [0.4, 0.5) is 0 Å². The first-order valence-corrected chi connectivity index (χ1v) is 12.1. The molecule has 0 radical (unpaired) electrons. The molecule has 0 aliphatic carbocycles. The van der Waals surface area contributed by atoms with Gasteiger partial charge in [0.25, 0.3) is 0 Å². The molecule has 31 heavy (non-hydrogen) atoms. The molecular formula is C24H22N2O3S2. The summed E-state index contributed by atoms with van der Waals surface area (Å²) in [6.45, 7) is 2.24. The van der Waals surface area contributed by atoms with E-state index >= 15 is 0 Å². The van der Waals surface area contributed by atoms with Crippen molar-refractivity contribution in [3.8, 4) is 0 Å². The Balaban J connectivity index is 1.47. The number of aryl methyl sites for hydroxylation is 1. The maximum Gasteiger partial charge on any atom is 0.243 e. The zero-order valence-corrected chi connectivity index (χ0v) is 18.9. The van der Waals surface area contributed by atoms with Crippen LogP contribution in [0.1, 0.15) is 26.5 Å². The predicted molar refractivity (Wildman–Crippen MR) is 124 cm³/mol. The van der Waals surface area contributed by atoms with Crippen LogP contribution >= 0.6 is 11.3 Å². The van der Waals surface area contributed by atoms with Crippen molar-refractivity contribution < 1.29 is 13.2 Å². The topological polar surface area (TPSA) is 67.3 Å². The summed E-state index contributed by atoms with van der Waals surface area (Å²) in [7, 11) is -2.09. The van der Waals surface area contributed by atoms with Crippen LogP contribution in [0.25, 0.3) is 10.2 Å². The van der Waals surface area contributed by atoms with E-state index in [-0.39, 0.29) is 23.6 Å². The van der Waals surface area contributed by atoms with Crippen molar-refractivity contribution in [1.29, 1.82) is 0 Å². The van der Waals surface area contributed by atoms with Gasteiger partial charge in [-0.3, -0.25) is 4.79 Å². The zero-order valence-electron chi connectivity index (χ0n) is 17.3. The third kappa shape index (κ3) is 4.74. The Morgan fingerprint density at radius 3 is 2.39 bits per heavy atom. The highest BCUT2D eigenvalue weighted by atomic mass is 32.2. The highest BCUT2D eigenvalue weighted by Gasteiger charge is 2.21. The van der Waals surface area contributed by atoms with E-state index < -0.39 is 10.0 Å². The van der Waals surface area contributed by atoms with Crippen molar-refractivity contribution >= 4 is 37.4 Å². The molecule has 0 saturated carbocycles. The van der Waals surface area contributed by atoms with Crippen molar-refractivity contribution in [1.82, 2.24) is 9.29 Å². The van der Waals surface area contributed by atoms with E-state index in [2.05, 4.69) is 4.98 Å². The molecule has 0 fully saturated rings. The Kier molecular flexibility index (Phi) is 6.00. The Labute approximate surface area is 186 Å². The highest BCUT2D eigenvalue weighted by Crippen LogP contribution is 2.23. The highest BCUT2D eigenvalue weighted by molar-refractivity contribution is 7.89. The molecule has 0 bridgehead atoms. The van der Waals surface area contributed by atoms with Crippen LogP contribution in [0, 0.1) is 6.92 Å². The van der Waals surface area contributed by atoms with Crippen molar-refractivity contribution in [2.45, 2.75) is 24.8 Å². The van der Waals surface area contributed by atoms with Gasteiger partial charge in [-0.1, -0.05) is 48.5 Å². The van der Waals surface area contributed by atoms with E-state index in [0.29, 0.717) is 5.56 Å². The van der Waals surface area contributed by atoms with Crippen LogP contribution in [0.3, 0.4) is 0 Å². The standard InChI is InChI=1S/C24H22N2O3S2/c1-17-25-22-14-19(8-13-24(22)30-17)15-23(27)20-9-11-21(12-10-20)31(28,29)26(2)16-18-6-4-3-5-7-18/h3-14H,15-16H2,1-2H3. The molecule has 5 nitrogen and oxygen atoms in total. The SMILES string of the molecule is Cc1nc2cc(CC(=O)c3ccc(S(=O)(=O)N(C)Cc4ccccc4)cc3)ccc2s1. The van der Waals surface area contributed by atoms with Gasteiger partial charge in [0.1, 0.15) is 0 Å². The molecule has 0 atom stereocenters. The third-order valence-corrected chi connectivity index (χ3v) is 7.83. The summed E-state index contributed by atoms with van der Waals surface area (Å²) in [6, 6.07) is 21.4. The van der Waals surface area contributed by atoms with Crippen molar-refractivity contribution in [2.24, 2.45) is 0 Å². The van der Waals surface area contributed by atoms with Gasteiger partial charge in [-0.15, -0.1) is 11.3 Å². The van der Waals surface area contributed by atoms with Gasteiger partial charge in [0.05, 0.1) is 20.1 Å². The minimum Gasteiger partial charge on any atom is -0.294 e. The fraction of sp³-hybridized carbons (Fsp3) is 0.167. The van der Waals surface area contributed by atoms with Crippen LogP contribution in [0.5, 0.6) is 0 Å². The zero-order chi connectivity index (χ0) is 22.0. The number of hydrogen-bond donors (Lipinski definition) is 0. The lowest BCUT2D eigenvalue weighted by atomic mass is 10.0. The third-order valence-electron chi connectivity index (χ3n) is 5.06. The second kappa shape index (κ2) is 8.70. The maximum atomic E-state index is 12.9. The Morgan fingerprint density at radius 2 is 1.68 bits per heavy atom. The van der Waals surface area contributed by atoms with Crippen molar-refractivity contribution in [3.05, 3.63) is 94.5 Å².